The normalized spacial score (nSPS) is 32.5. The number of ether oxygens (including phenoxy) is 1. The molecule has 2 bridgehead atoms. The number of methoxy groups -OCH3 is 1. The van der Waals surface area contributed by atoms with Crippen molar-refractivity contribution >= 4 is 15.9 Å². The number of likely N-dealkylation sites (tertiary alicyclic amines) is 1. The van der Waals surface area contributed by atoms with E-state index in [2.05, 4.69) is 39.0 Å². The van der Waals surface area contributed by atoms with Crippen LogP contribution < -0.4 is 4.74 Å². The topological polar surface area (TPSA) is 12.5 Å². The highest BCUT2D eigenvalue weighted by Gasteiger charge is 2.42. The molecule has 2 nitrogen and oxygen atoms in total. The van der Waals surface area contributed by atoms with Crippen LogP contribution in [0.15, 0.2) is 22.7 Å². The first kappa shape index (κ1) is 15.0. The maximum absolute atomic E-state index is 5.59. The fourth-order valence-corrected chi connectivity index (χ4v) is 5.60. The minimum Gasteiger partial charge on any atom is -0.496 e. The second kappa shape index (κ2) is 6.16. The molecular formula is C19H26BrNO. The summed E-state index contributed by atoms with van der Waals surface area (Å²) in [6.07, 6.45) is 8.56. The zero-order valence-electron chi connectivity index (χ0n) is 13.4. The molecule has 0 unspecified atom stereocenters. The number of hydrogen-bond acceptors (Lipinski definition) is 2. The number of benzene rings is 1. The molecule has 0 aromatic heterocycles. The average molecular weight is 364 g/mol. The second-order valence-corrected chi connectivity index (χ2v) is 8.35. The SMILES string of the molecule is COc1ccc(Br)cc1C1CCN([C@@H]2C[C@H]3CC[C@@H]2C3)CC1. The predicted octanol–water partition coefficient (Wildman–Crippen LogP) is 4.83. The molecule has 1 saturated heterocycles. The molecule has 22 heavy (non-hydrogen) atoms. The Morgan fingerprint density at radius 2 is 1.91 bits per heavy atom. The summed E-state index contributed by atoms with van der Waals surface area (Å²) in [5.41, 5.74) is 1.39. The highest BCUT2D eigenvalue weighted by Crippen LogP contribution is 2.48. The number of fused-ring (bicyclic) bond motifs is 2. The van der Waals surface area contributed by atoms with Gasteiger partial charge in [-0.05, 0) is 86.7 Å². The van der Waals surface area contributed by atoms with E-state index in [0.29, 0.717) is 5.92 Å². The maximum Gasteiger partial charge on any atom is 0.122 e. The smallest absolute Gasteiger partial charge is 0.122 e. The van der Waals surface area contributed by atoms with Crippen LogP contribution in [0.1, 0.15) is 50.0 Å². The molecule has 120 valence electrons. The van der Waals surface area contributed by atoms with Crippen LogP contribution >= 0.6 is 15.9 Å². The van der Waals surface area contributed by atoms with Crippen molar-refractivity contribution in [2.45, 2.75) is 50.5 Å². The summed E-state index contributed by atoms with van der Waals surface area (Å²) in [6, 6.07) is 7.34. The van der Waals surface area contributed by atoms with Crippen molar-refractivity contribution in [1.29, 1.82) is 0 Å². The molecule has 1 aliphatic heterocycles. The number of hydrogen-bond donors (Lipinski definition) is 0. The van der Waals surface area contributed by atoms with Gasteiger partial charge in [0.1, 0.15) is 5.75 Å². The van der Waals surface area contributed by atoms with Crippen LogP contribution in [0.2, 0.25) is 0 Å². The third kappa shape index (κ3) is 2.71. The molecule has 2 aliphatic carbocycles. The molecular weight excluding hydrogens is 338 g/mol. The molecule has 1 aromatic rings. The second-order valence-electron chi connectivity index (χ2n) is 7.44. The molecule has 0 amide bonds. The average Bonchev–Trinajstić information content (AvgIpc) is 3.18. The minimum absolute atomic E-state index is 0.655. The Bertz CT molecular complexity index is 538. The molecule has 3 fully saturated rings. The number of piperidine rings is 1. The lowest BCUT2D eigenvalue weighted by atomic mass is 9.86. The molecule has 0 radical (unpaired) electrons. The van der Waals surface area contributed by atoms with Crippen LogP contribution in [0, 0.1) is 11.8 Å². The van der Waals surface area contributed by atoms with Crippen molar-refractivity contribution < 1.29 is 4.74 Å². The Morgan fingerprint density at radius 3 is 2.55 bits per heavy atom. The van der Waals surface area contributed by atoms with E-state index < -0.39 is 0 Å². The number of nitrogens with zero attached hydrogens (tertiary/aromatic N) is 1. The Kier molecular flexibility index (Phi) is 4.21. The Hall–Kier alpha value is -0.540. The third-order valence-electron chi connectivity index (χ3n) is 6.33. The van der Waals surface area contributed by atoms with Crippen molar-refractivity contribution in [3.05, 3.63) is 28.2 Å². The Morgan fingerprint density at radius 1 is 1.09 bits per heavy atom. The van der Waals surface area contributed by atoms with Gasteiger partial charge in [-0.15, -0.1) is 0 Å². The van der Waals surface area contributed by atoms with E-state index in [1.54, 1.807) is 7.11 Å². The van der Waals surface area contributed by atoms with E-state index in [1.807, 2.05) is 0 Å². The molecule has 4 rings (SSSR count). The van der Waals surface area contributed by atoms with E-state index in [1.165, 1.54) is 61.7 Å². The van der Waals surface area contributed by atoms with Crippen molar-refractivity contribution in [1.82, 2.24) is 4.90 Å². The zero-order chi connectivity index (χ0) is 15.1. The molecule has 3 heteroatoms. The summed E-state index contributed by atoms with van der Waals surface area (Å²) in [5, 5.41) is 0. The first-order chi connectivity index (χ1) is 10.7. The van der Waals surface area contributed by atoms with E-state index >= 15 is 0 Å². The number of rotatable bonds is 3. The lowest BCUT2D eigenvalue weighted by Crippen LogP contribution is -2.43. The van der Waals surface area contributed by atoms with Gasteiger partial charge in [0.2, 0.25) is 0 Å². The van der Waals surface area contributed by atoms with Crippen LogP contribution in [-0.2, 0) is 0 Å². The van der Waals surface area contributed by atoms with Gasteiger partial charge in [-0.25, -0.2) is 0 Å². The van der Waals surface area contributed by atoms with Crippen LogP contribution in [0.3, 0.4) is 0 Å². The van der Waals surface area contributed by atoms with Crippen LogP contribution in [0.25, 0.3) is 0 Å². The molecule has 3 aliphatic rings. The minimum atomic E-state index is 0.655. The third-order valence-corrected chi connectivity index (χ3v) is 6.82. The quantitative estimate of drug-likeness (QED) is 0.762. The molecule has 1 heterocycles. The van der Waals surface area contributed by atoms with Crippen molar-refractivity contribution in [2.24, 2.45) is 11.8 Å². The molecule has 1 aromatic carbocycles. The fraction of sp³-hybridized carbons (Fsp3) is 0.684. The van der Waals surface area contributed by atoms with Gasteiger partial charge < -0.3 is 9.64 Å². The van der Waals surface area contributed by atoms with Crippen LogP contribution in [0.5, 0.6) is 5.75 Å². The zero-order valence-corrected chi connectivity index (χ0v) is 15.0. The van der Waals surface area contributed by atoms with Gasteiger partial charge in [-0.3, -0.25) is 0 Å². The monoisotopic (exact) mass is 363 g/mol. The summed E-state index contributed by atoms with van der Waals surface area (Å²) < 4.78 is 6.75. The summed E-state index contributed by atoms with van der Waals surface area (Å²) >= 11 is 3.61. The van der Waals surface area contributed by atoms with E-state index in [4.69, 9.17) is 4.74 Å². The molecule has 3 atom stereocenters. The van der Waals surface area contributed by atoms with Gasteiger partial charge >= 0.3 is 0 Å². The van der Waals surface area contributed by atoms with Gasteiger partial charge in [-0.2, -0.15) is 0 Å². The summed E-state index contributed by atoms with van der Waals surface area (Å²) in [6.45, 7) is 2.54. The van der Waals surface area contributed by atoms with Crippen molar-refractivity contribution in [3.8, 4) is 5.75 Å². The highest BCUT2D eigenvalue weighted by atomic mass is 79.9. The van der Waals surface area contributed by atoms with Gasteiger partial charge in [0.15, 0.2) is 0 Å². The summed E-state index contributed by atoms with van der Waals surface area (Å²) in [5.74, 6) is 3.78. The lowest BCUT2D eigenvalue weighted by Gasteiger charge is -2.40. The van der Waals surface area contributed by atoms with Crippen molar-refractivity contribution in [3.63, 3.8) is 0 Å². The standard InChI is InChI=1S/C19H26BrNO/c1-22-19-5-4-16(20)12-17(19)14-6-8-21(9-7-14)18-11-13-2-3-15(18)10-13/h4-5,12-15,18H,2-3,6-11H2,1H3/t13-,15+,18+/m0/s1. The van der Waals surface area contributed by atoms with E-state index in [9.17, 15) is 0 Å². The largest absolute Gasteiger partial charge is 0.496 e. The predicted molar refractivity (Wildman–Crippen MR) is 93.5 cm³/mol. The van der Waals surface area contributed by atoms with Crippen LogP contribution in [0.4, 0.5) is 0 Å². The summed E-state index contributed by atoms with van der Waals surface area (Å²) in [4.78, 5) is 2.81. The Labute approximate surface area is 142 Å². The molecule has 0 N–H and O–H groups in total. The van der Waals surface area contributed by atoms with Gasteiger partial charge in [0.25, 0.3) is 0 Å². The highest BCUT2D eigenvalue weighted by molar-refractivity contribution is 9.10. The maximum atomic E-state index is 5.59. The first-order valence-electron chi connectivity index (χ1n) is 8.82. The molecule has 2 saturated carbocycles. The first-order valence-corrected chi connectivity index (χ1v) is 9.61. The Balaban J connectivity index is 1.43. The van der Waals surface area contributed by atoms with Crippen LogP contribution in [-0.4, -0.2) is 31.1 Å². The van der Waals surface area contributed by atoms with Gasteiger partial charge in [-0.1, -0.05) is 22.4 Å². The number of halogens is 1. The van der Waals surface area contributed by atoms with E-state index in [-0.39, 0.29) is 0 Å². The van der Waals surface area contributed by atoms with E-state index in [0.717, 1.165) is 23.6 Å². The van der Waals surface area contributed by atoms with Crippen molar-refractivity contribution in [2.75, 3.05) is 20.2 Å². The van der Waals surface area contributed by atoms with Gasteiger partial charge in [0, 0.05) is 10.5 Å². The molecule has 0 spiro atoms. The fourth-order valence-electron chi connectivity index (χ4n) is 5.22. The lowest BCUT2D eigenvalue weighted by molar-refractivity contribution is 0.110. The summed E-state index contributed by atoms with van der Waals surface area (Å²) in [7, 11) is 1.79. The van der Waals surface area contributed by atoms with Gasteiger partial charge in [0.05, 0.1) is 7.11 Å².